The molecule has 0 saturated heterocycles. The van der Waals surface area contributed by atoms with E-state index < -0.39 is 0 Å². The number of hydrogen-bond donors (Lipinski definition) is 1. The maximum absolute atomic E-state index is 12.1. The van der Waals surface area contributed by atoms with Gasteiger partial charge in [0.15, 0.2) is 17.3 Å². The number of rotatable bonds is 4. The molecular formula is C16H13BrO3. The molecule has 2 aromatic rings. The largest absolute Gasteiger partial charge is 0.504 e. The first-order valence-corrected chi connectivity index (χ1v) is 6.75. The molecule has 0 unspecified atom stereocenters. The molecule has 20 heavy (non-hydrogen) atoms. The van der Waals surface area contributed by atoms with Crippen molar-refractivity contribution in [3.05, 3.63) is 64.1 Å². The van der Waals surface area contributed by atoms with Gasteiger partial charge in [-0.15, -0.1) is 0 Å². The number of phenolic OH excluding ortho intramolecular Hbond substituents is 1. The van der Waals surface area contributed by atoms with Crippen molar-refractivity contribution in [2.75, 3.05) is 7.11 Å². The van der Waals surface area contributed by atoms with E-state index in [0.717, 1.165) is 10.0 Å². The number of carbonyl (C=O) groups excluding carboxylic acids is 1. The molecule has 0 radical (unpaired) electrons. The fraction of sp³-hybridized carbons (Fsp3) is 0.0625. The number of phenols is 1. The van der Waals surface area contributed by atoms with Crippen LogP contribution >= 0.6 is 15.9 Å². The Morgan fingerprint density at radius 3 is 2.70 bits per heavy atom. The van der Waals surface area contributed by atoms with Crippen LogP contribution in [-0.2, 0) is 0 Å². The highest BCUT2D eigenvalue weighted by Gasteiger charge is 2.07. The van der Waals surface area contributed by atoms with Crippen LogP contribution in [0, 0.1) is 0 Å². The van der Waals surface area contributed by atoms with E-state index in [1.807, 2.05) is 24.3 Å². The summed E-state index contributed by atoms with van der Waals surface area (Å²) in [4.78, 5) is 12.1. The summed E-state index contributed by atoms with van der Waals surface area (Å²) < 4.78 is 5.91. The zero-order valence-electron chi connectivity index (χ0n) is 10.8. The van der Waals surface area contributed by atoms with Gasteiger partial charge in [0.05, 0.1) is 7.11 Å². The lowest BCUT2D eigenvalue weighted by Gasteiger charge is -2.04. The number of hydrogen-bond acceptors (Lipinski definition) is 3. The van der Waals surface area contributed by atoms with Crippen molar-refractivity contribution >= 4 is 27.8 Å². The van der Waals surface area contributed by atoms with Gasteiger partial charge < -0.3 is 9.84 Å². The zero-order chi connectivity index (χ0) is 14.5. The molecule has 0 amide bonds. The predicted octanol–water partition coefficient (Wildman–Crippen LogP) is 4.06. The van der Waals surface area contributed by atoms with E-state index in [1.165, 1.54) is 25.3 Å². The van der Waals surface area contributed by atoms with Crippen LogP contribution in [0.1, 0.15) is 15.9 Å². The Labute approximate surface area is 125 Å². The summed E-state index contributed by atoms with van der Waals surface area (Å²) in [6.07, 6.45) is 3.23. The Hall–Kier alpha value is -2.07. The first-order valence-electron chi connectivity index (χ1n) is 5.96. The third-order valence-electron chi connectivity index (χ3n) is 2.78. The smallest absolute Gasteiger partial charge is 0.185 e. The fourth-order valence-corrected chi connectivity index (χ4v) is 2.12. The lowest BCUT2D eigenvalue weighted by Crippen LogP contribution is -1.95. The molecular weight excluding hydrogens is 320 g/mol. The van der Waals surface area contributed by atoms with Crippen molar-refractivity contribution in [2.24, 2.45) is 0 Å². The molecule has 3 nitrogen and oxygen atoms in total. The van der Waals surface area contributed by atoms with Crippen LogP contribution in [-0.4, -0.2) is 18.0 Å². The predicted molar refractivity (Wildman–Crippen MR) is 82.2 cm³/mol. The minimum Gasteiger partial charge on any atom is -0.504 e. The van der Waals surface area contributed by atoms with E-state index in [0.29, 0.717) is 5.56 Å². The summed E-state index contributed by atoms with van der Waals surface area (Å²) in [5.74, 6) is 0.142. The standard InChI is InChI=1S/C16H13BrO3/c1-20-16-10-12(7-9-15(16)19)14(18)8-6-11-4-2-3-5-13(11)17/h2-10,19H,1H3. The number of allylic oxidation sites excluding steroid dienone is 1. The Kier molecular flexibility index (Phi) is 4.58. The van der Waals surface area contributed by atoms with Crippen LogP contribution < -0.4 is 4.74 Å². The van der Waals surface area contributed by atoms with Gasteiger partial charge in [0.2, 0.25) is 0 Å². The lowest BCUT2D eigenvalue weighted by atomic mass is 10.1. The zero-order valence-corrected chi connectivity index (χ0v) is 12.4. The highest BCUT2D eigenvalue weighted by Crippen LogP contribution is 2.26. The maximum atomic E-state index is 12.1. The van der Waals surface area contributed by atoms with Crippen LogP contribution in [0.15, 0.2) is 53.0 Å². The first kappa shape index (κ1) is 14.3. The van der Waals surface area contributed by atoms with Gasteiger partial charge >= 0.3 is 0 Å². The normalized spacial score (nSPS) is 10.7. The molecule has 2 aromatic carbocycles. The molecule has 0 aliphatic heterocycles. The average molecular weight is 333 g/mol. The molecule has 4 heteroatoms. The summed E-state index contributed by atoms with van der Waals surface area (Å²) in [6.45, 7) is 0. The van der Waals surface area contributed by atoms with Crippen LogP contribution in [0.25, 0.3) is 6.08 Å². The monoisotopic (exact) mass is 332 g/mol. The van der Waals surface area contributed by atoms with Gasteiger partial charge in [-0.3, -0.25) is 4.79 Å². The van der Waals surface area contributed by atoms with Crippen LogP contribution in [0.3, 0.4) is 0 Å². The number of ketones is 1. The topological polar surface area (TPSA) is 46.5 Å². The number of aromatic hydroxyl groups is 1. The second-order valence-corrected chi connectivity index (χ2v) is 4.96. The quantitative estimate of drug-likeness (QED) is 0.678. The lowest BCUT2D eigenvalue weighted by molar-refractivity contribution is 0.104. The van der Waals surface area contributed by atoms with Crippen LogP contribution in [0.5, 0.6) is 11.5 Å². The Balaban J connectivity index is 2.22. The molecule has 2 rings (SSSR count). The van der Waals surface area contributed by atoms with Gasteiger partial charge in [-0.2, -0.15) is 0 Å². The van der Waals surface area contributed by atoms with E-state index in [9.17, 15) is 9.90 Å². The molecule has 1 N–H and O–H groups in total. The van der Waals surface area contributed by atoms with Gasteiger partial charge in [-0.25, -0.2) is 0 Å². The van der Waals surface area contributed by atoms with Crippen molar-refractivity contribution in [2.45, 2.75) is 0 Å². The van der Waals surface area contributed by atoms with Crippen LogP contribution in [0.2, 0.25) is 0 Å². The Bertz CT molecular complexity index is 663. The molecule has 0 heterocycles. The minimum absolute atomic E-state index is 0.0128. The highest BCUT2D eigenvalue weighted by atomic mass is 79.9. The maximum Gasteiger partial charge on any atom is 0.185 e. The molecule has 0 aromatic heterocycles. The molecule has 0 bridgehead atoms. The van der Waals surface area contributed by atoms with E-state index in [-0.39, 0.29) is 17.3 Å². The number of halogens is 1. The summed E-state index contributed by atoms with van der Waals surface area (Å²) in [7, 11) is 1.44. The summed E-state index contributed by atoms with van der Waals surface area (Å²) in [6, 6.07) is 12.1. The molecule has 0 fully saturated rings. The number of ether oxygens (including phenoxy) is 1. The van der Waals surface area contributed by atoms with E-state index in [1.54, 1.807) is 12.1 Å². The van der Waals surface area contributed by atoms with Gasteiger partial charge in [0.25, 0.3) is 0 Å². The summed E-state index contributed by atoms with van der Waals surface area (Å²) in [5, 5.41) is 9.50. The van der Waals surface area contributed by atoms with Crippen molar-refractivity contribution < 1.29 is 14.6 Å². The third-order valence-corrected chi connectivity index (χ3v) is 3.51. The molecule has 102 valence electrons. The van der Waals surface area contributed by atoms with E-state index in [4.69, 9.17) is 4.74 Å². The molecule has 0 saturated carbocycles. The second-order valence-electron chi connectivity index (χ2n) is 4.11. The number of carbonyl (C=O) groups is 1. The third kappa shape index (κ3) is 3.27. The van der Waals surface area contributed by atoms with E-state index >= 15 is 0 Å². The van der Waals surface area contributed by atoms with Crippen molar-refractivity contribution in [3.63, 3.8) is 0 Å². The van der Waals surface area contributed by atoms with Crippen molar-refractivity contribution in [3.8, 4) is 11.5 Å². The molecule has 0 atom stereocenters. The Morgan fingerprint density at radius 2 is 2.00 bits per heavy atom. The molecule has 0 aliphatic rings. The van der Waals surface area contributed by atoms with Crippen molar-refractivity contribution in [1.29, 1.82) is 0 Å². The number of benzene rings is 2. The van der Waals surface area contributed by atoms with Gasteiger partial charge in [-0.05, 0) is 42.0 Å². The van der Waals surface area contributed by atoms with Crippen molar-refractivity contribution in [1.82, 2.24) is 0 Å². The second kappa shape index (κ2) is 6.39. The fourth-order valence-electron chi connectivity index (χ4n) is 1.70. The van der Waals surface area contributed by atoms with Crippen LogP contribution in [0.4, 0.5) is 0 Å². The van der Waals surface area contributed by atoms with Gasteiger partial charge in [-0.1, -0.05) is 34.1 Å². The van der Waals surface area contributed by atoms with E-state index in [2.05, 4.69) is 15.9 Å². The molecule has 0 spiro atoms. The molecule has 0 aliphatic carbocycles. The highest BCUT2D eigenvalue weighted by molar-refractivity contribution is 9.10. The first-order chi connectivity index (χ1) is 9.61. The number of methoxy groups -OCH3 is 1. The SMILES string of the molecule is COc1cc(C(=O)C=Cc2ccccc2Br)ccc1O. The van der Waals surface area contributed by atoms with Gasteiger partial charge in [0.1, 0.15) is 0 Å². The average Bonchev–Trinajstić information content (AvgIpc) is 2.46. The Morgan fingerprint density at radius 1 is 1.25 bits per heavy atom. The summed E-state index contributed by atoms with van der Waals surface area (Å²) in [5.41, 5.74) is 1.38. The van der Waals surface area contributed by atoms with Gasteiger partial charge in [0, 0.05) is 10.0 Å². The minimum atomic E-state index is -0.154. The summed E-state index contributed by atoms with van der Waals surface area (Å²) >= 11 is 3.42.